The summed E-state index contributed by atoms with van der Waals surface area (Å²) in [7, 11) is 0. The van der Waals surface area contributed by atoms with Gasteiger partial charge in [-0.2, -0.15) is 5.10 Å². The zero-order valence-electron chi connectivity index (χ0n) is 11.0. The number of piperidine rings is 1. The number of hydrogen-bond acceptors (Lipinski definition) is 3. The number of nitrogens with one attached hydrogen (secondary N) is 2. The number of carbonyl (C=O) groups is 1. The highest BCUT2D eigenvalue weighted by Gasteiger charge is 2.21. The Morgan fingerprint density at radius 1 is 1.58 bits per heavy atom. The third kappa shape index (κ3) is 5.80. The van der Waals surface area contributed by atoms with Crippen LogP contribution in [0, 0.1) is 5.92 Å². The molecule has 0 spiro atoms. The van der Waals surface area contributed by atoms with E-state index >= 15 is 0 Å². The molecule has 5 nitrogen and oxygen atoms in total. The second-order valence-electron chi connectivity index (χ2n) is 4.68. The predicted molar refractivity (Wildman–Crippen MR) is 79.9 cm³/mol. The average Bonchev–Trinajstić information content (AvgIpc) is 2.82. The lowest BCUT2D eigenvalue weighted by atomic mass is 9.98. The Labute approximate surface area is 126 Å². The Balaban J connectivity index is 0.00000162. The Morgan fingerprint density at radius 3 is 2.95 bits per heavy atom. The number of halogens is 2. The fourth-order valence-corrected chi connectivity index (χ4v) is 2.17. The first-order chi connectivity index (χ1) is 8.25. The van der Waals surface area contributed by atoms with Gasteiger partial charge in [-0.3, -0.25) is 9.48 Å². The van der Waals surface area contributed by atoms with Crippen molar-refractivity contribution in [1.82, 2.24) is 20.4 Å². The van der Waals surface area contributed by atoms with Crippen LogP contribution in [0.3, 0.4) is 0 Å². The van der Waals surface area contributed by atoms with E-state index < -0.39 is 0 Å². The Morgan fingerprint density at radius 2 is 2.37 bits per heavy atom. The van der Waals surface area contributed by atoms with Gasteiger partial charge in [0.05, 0.1) is 12.5 Å². The number of rotatable bonds is 4. The van der Waals surface area contributed by atoms with E-state index in [1.54, 1.807) is 6.20 Å². The van der Waals surface area contributed by atoms with Crippen LogP contribution in [0.5, 0.6) is 0 Å². The van der Waals surface area contributed by atoms with E-state index in [0.717, 1.165) is 32.5 Å². The van der Waals surface area contributed by atoms with Gasteiger partial charge in [-0.1, -0.05) is 0 Å². The van der Waals surface area contributed by atoms with Gasteiger partial charge in [0.2, 0.25) is 5.91 Å². The van der Waals surface area contributed by atoms with Crippen molar-refractivity contribution in [3.8, 4) is 0 Å². The summed E-state index contributed by atoms with van der Waals surface area (Å²) in [5.74, 6) is 0.292. The summed E-state index contributed by atoms with van der Waals surface area (Å²) in [5.41, 5.74) is 0. The molecule has 1 unspecified atom stereocenters. The van der Waals surface area contributed by atoms with Crippen molar-refractivity contribution < 1.29 is 4.79 Å². The number of amides is 1. The van der Waals surface area contributed by atoms with Gasteiger partial charge in [-0.15, -0.1) is 24.8 Å². The van der Waals surface area contributed by atoms with E-state index in [9.17, 15) is 4.79 Å². The molecule has 2 N–H and O–H groups in total. The molecule has 1 amide bonds. The zero-order valence-corrected chi connectivity index (χ0v) is 12.7. The normalized spacial score (nSPS) is 19.7. The van der Waals surface area contributed by atoms with Gasteiger partial charge in [-0.25, -0.2) is 0 Å². The van der Waals surface area contributed by atoms with Gasteiger partial charge in [-0.05, 0) is 32.4 Å². The monoisotopic (exact) mass is 308 g/mol. The molecule has 1 aliphatic rings. The van der Waals surface area contributed by atoms with Gasteiger partial charge >= 0.3 is 0 Å². The molecule has 1 fully saturated rings. The molecule has 110 valence electrons. The first-order valence-corrected chi connectivity index (χ1v) is 6.24. The maximum absolute atomic E-state index is 12.0. The van der Waals surface area contributed by atoms with E-state index in [4.69, 9.17) is 0 Å². The fourth-order valence-electron chi connectivity index (χ4n) is 2.17. The van der Waals surface area contributed by atoms with Gasteiger partial charge in [0, 0.05) is 25.0 Å². The van der Waals surface area contributed by atoms with Crippen LogP contribution in [0.1, 0.15) is 19.8 Å². The Bertz CT molecular complexity index is 353. The standard InChI is InChI=1S/C12H20N4O.2ClH/c1-10(9-16-7-3-6-14-16)15-12(17)11-4-2-5-13-8-11;;/h3,6-7,10-11,13H,2,4-5,8-9H2,1H3,(H,15,17);2*1H/t10?,11-;;/m1../s1. The van der Waals surface area contributed by atoms with E-state index in [2.05, 4.69) is 15.7 Å². The van der Waals surface area contributed by atoms with E-state index in [0.29, 0.717) is 0 Å². The molecule has 7 heteroatoms. The quantitative estimate of drug-likeness (QED) is 0.879. The van der Waals surface area contributed by atoms with Crippen LogP contribution in [0.2, 0.25) is 0 Å². The Hall–Kier alpha value is -0.780. The van der Waals surface area contributed by atoms with Crippen LogP contribution < -0.4 is 10.6 Å². The van der Waals surface area contributed by atoms with E-state index in [1.807, 2.05) is 23.9 Å². The summed E-state index contributed by atoms with van der Waals surface area (Å²) in [6.45, 7) is 4.57. The molecule has 19 heavy (non-hydrogen) atoms. The minimum Gasteiger partial charge on any atom is -0.352 e. The molecule has 1 aromatic heterocycles. The van der Waals surface area contributed by atoms with Crippen molar-refractivity contribution in [2.24, 2.45) is 5.92 Å². The van der Waals surface area contributed by atoms with Crippen LogP contribution in [-0.4, -0.2) is 34.8 Å². The molecular formula is C12H22Cl2N4O. The second kappa shape index (κ2) is 9.18. The van der Waals surface area contributed by atoms with Crippen molar-refractivity contribution in [2.45, 2.75) is 32.4 Å². The van der Waals surface area contributed by atoms with Crippen molar-refractivity contribution >= 4 is 30.7 Å². The molecule has 1 aliphatic heterocycles. The Kier molecular flexibility index (Phi) is 8.80. The number of hydrogen-bond donors (Lipinski definition) is 2. The molecule has 2 atom stereocenters. The molecule has 2 rings (SSSR count). The molecule has 0 bridgehead atoms. The van der Waals surface area contributed by atoms with Gasteiger partial charge in [0.15, 0.2) is 0 Å². The van der Waals surface area contributed by atoms with Crippen molar-refractivity contribution in [2.75, 3.05) is 13.1 Å². The summed E-state index contributed by atoms with van der Waals surface area (Å²) in [6, 6.07) is 2.00. The van der Waals surface area contributed by atoms with Gasteiger partial charge in [0.1, 0.15) is 0 Å². The molecule has 1 saturated heterocycles. The lowest BCUT2D eigenvalue weighted by Crippen LogP contribution is -2.44. The molecular weight excluding hydrogens is 287 g/mol. The predicted octanol–water partition coefficient (Wildman–Crippen LogP) is 1.23. The first-order valence-electron chi connectivity index (χ1n) is 6.24. The molecule has 0 aliphatic carbocycles. The third-order valence-electron chi connectivity index (χ3n) is 3.08. The minimum atomic E-state index is 0. The fraction of sp³-hybridized carbons (Fsp3) is 0.667. The maximum Gasteiger partial charge on any atom is 0.224 e. The number of carbonyl (C=O) groups excluding carboxylic acids is 1. The number of aromatic nitrogens is 2. The summed E-state index contributed by atoms with van der Waals surface area (Å²) < 4.78 is 1.84. The van der Waals surface area contributed by atoms with E-state index in [1.165, 1.54) is 0 Å². The maximum atomic E-state index is 12.0. The van der Waals surface area contributed by atoms with Crippen LogP contribution in [0.25, 0.3) is 0 Å². The van der Waals surface area contributed by atoms with Crippen LogP contribution in [0.4, 0.5) is 0 Å². The lowest BCUT2D eigenvalue weighted by molar-refractivity contribution is -0.126. The average molecular weight is 309 g/mol. The van der Waals surface area contributed by atoms with E-state index in [-0.39, 0.29) is 42.7 Å². The summed E-state index contributed by atoms with van der Waals surface area (Å²) >= 11 is 0. The van der Waals surface area contributed by atoms with Crippen LogP contribution in [-0.2, 0) is 11.3 Å². The molecule has 0 radical (unpaired) electrons. The van der Waals surface area contributed by atoms with Crippen molar-refractivity contribution in [3.63, 3.8) is 0 Å². The van der Waals surface area contributed by atoms with Crippen molar-refractivity contribution in [1.29, 1.82) is 0 Å². The highest BCUT2D eigenvalue weighted by atomic mass is 35.5. The highest BCUT2D eigenvalue weighted by Crippen LogP contribution is 2.10. The second-order valence-corrected chi connectivity index (χ2v) is 4.68. The lowest BCUT2D eigenvalue weighted by Gasteiger charge is -2.24. The number of nitrogens with zero attached hydrogens (tertiary/aromatic N) is 2. The molecule has 0 saturated carbocycles. The first kappa shape index (κ1) is 18.2. The SMILES string of the molecule is CC(Cn1cccn1)NC(=O)[C@@H]1CCCNC1.Cl.Cl. The molecule has 1 aromatic rings. The smallest absolute Gasteiger partial charge is 0.224 e. The summed E-state index contributed by atoms with van der Waals surface area (Å²) in [5, 5.41) is 10.4. The zero-order chi connectivity index (χ0) is 12.1. The minimum absolute atomic E-state index is 0. The van der Waals surface area contributed by atoms with Crippen LogP contribution in [0.15, 0.2) is 18.5 Å². The third-order valence-corrected chi connectivity index (χ3v) is 3.08. The molecule has 0 aromatic carbocycles. The largest absolute Gasteiger partial charge is 0.352 e. The van der Waals surface area contributed by atoms with Gasteiger partial charge in [0.25, 0.3) is 0 Å². The summed E-state index contributed by atoms with van der Waals surface area (Å²) in [4.78, 5) is 12.0. The molecule has 2 heterocycles. The van der Waals surface area contributed by atoms with Crippen molar-refractivity contribution in [3.05, 3.63) is 18.5 Å². The van der Waals surface area contributed by atoms with Gasteiger partial charge < -0.3 is 10.6 Å². The highest BCUT2D eigenvalue weighted by molar-refractivity contribution is 5.85. The van der Waals surface area contributed by atoms with Crippen LogP contribution >= 0.6 is 24.8 Å². The topological polar surface area (TPSA) is 59.0 Å². The summed E-state index contributed by atoms with van der Waals surface area (Å²) in [6.07, 6.45) is 5.74.